The molecule has 1 aromatic heterocycles. The van der Waals surface area contributed by atoms with Gasteiger partial charge < -0.3 is 14.5 Å². The number of hydrogen-bond donors (Lipinski definition) is 1. The first kappa shape index (κ1) is 11.4. The summed E-state index contributed by atoms with van der Waals surface area (Å²) in [4.78, 5) is 17.1. The summed E-state index contributed by atoms with van der Waals surface area (Å²) < 4.78 is 2.42. The minimum Gasteiger partial charge on any atom is -0.341 e. The van der Waals surface area contributed by atoms with Crippen molar-refractivity contribution in [2.75, 3.05) is 13.1 Å². The van der Waals surface area contributed by atoms with E-state index in [0.29, 0.717) is 4.77 Å². The molecular weight excluding hydrogens is 222 g/mol. The molecule has 0 aromatic carbocycles. The fourth-order valence-electron chi connectivity index (χ4n) is 2.13. The van der Waals surface area contributed by atoms with E-state index < -0.39 is 0 Å². The van der Waals surface area contributed by atoms with Crippen molar-refractivity contribution in [3.63, 3.8) is 0 Å². The molecular formula is C11H17N3OS. The van der Waals surface area contributed by atoms with Gasteiger partial charge >= 0.3 is 0 Å². The van der Waals surface area contributed by atoms with Crippen molar-refractivity contribution in [1.29, 1.82) is 0 Å². The minimum absolute atomic E-state index is 0.176. The van der Waals surface area contributed by atoms with Crippen LogP contribution in [0.15, 0.2) is 12.4 Å². The number of likely N-dealkylation sites (tertiary alicyclic amines) is 1. The number of nitrogens with zero attached hydrogens (tertiary/aromatic N) is 2. The van der Waals surface area contributed by atoms with Crippen molar-refractivity contribution in [3.8, 4) is 0 Å². The molecule has 1 aromatic rings. The van der Waals surface area contributed by atoms with Crippen LogP contribution in [0.2, 0.25) is 0 Å². The van der Waals surface area contributed by atoms with E-state index in [4.69, 9.17) is 12.2 Å². The van der Waals surface area contributed by atoms with E-state index >= 15 is 0 Å². The third kappa shape index (κ3) is 2.19. The fraction of sp³-hybridized carbons (Fsp3) is 0.636. The van der Waals surface area contributed by atoms with Crippen molar-refractivity contribution in [1.82, 2.24) is 14.5 Å². The molecule has 1 aliphatic rings. The Bertz CT molecular complexity index is 417. The number of carbonyl (C=O) groups is 1. The van der Waals surface area contributed by atoms with Crippen LogP contribution in [-0.4, -0.2) is 33.4 Å². The Morgan fingerprint density at radius 3 is 2.69 bits per heavy atom. The van der Waals surface area contributed by atoms with Crippen LogP contribution in [0.1, 0.15) is 32.2 Å². The molecule has 1 aliphatic heterocycles. The van der Waals surface area contributed by atoms with Crippen LogP contribution in [0.25, 0.3) is 0 Å². The van der Waals surface area contributed by atoms with Crippen molar-refractivity contribution < 1.29 is 4.79 Å². The van der Waals surface area contributed by atoms with Gasteiger partial charge in [0.25, 0.3) is 0 Å². The molecule has 1 N–H and O–H groups in total. The molecule has 16 heavy (non-hydrogen) atoms. The number of nitrogens with one attached hydrogen (secondary N) is 1. The maximum absolute atomic E-state index is 12.2. The second kappa shape index (κ2) is 4.82. The van der Waals surface area contributed by atoms with Crippen LogP contribution in [0.5, 0.6) is 0 Å². The van der Waals surface area contributed by atoms with Gasteiger partial charge in [-0.1, -0.05) is 0 Å². The van der Waals surface area contributed by atoms with Crippen LogP contribution in [0, 0.1) is 4.77 Å². The third-order valence-electron chi connectivity index (χ3n) is 3.12. The van der Waals surface area contributed by atoms with Gasteiger partial charge in [-0.2, -0.15) is 0 Å². The molecule has 2 heterocycles. The number of amides is 1. The highest BCUT2D eigenvalue weighted by atomic mass is 32.1. The summed E-state index contributed by atoms with van der Waals surface area (Å²) in [6.07, 6.45) is 7.08. The number of H-pyrrole nitrogens is 1. The highest BCUT2D eigenvalue weighted by Crippen LogP contribution is 2.15. The highest BCUT2D eigenvalue weighted by Gasteiger charge is 2.23. The monoisotopic (exact) mass is 239 g/mol. The Labute approximate surface area is 100 Å². The summed E-state index contributed by atoms with van der Waals surface area (Å²) in [7, 11) is 0. The Morgan fingerprint density at radius 1 is 1.44 bits per heavy atom. The molecule has 0 spiro atoms. The minimum atomic E-state index is -0.197. The number of piperidine rings is 1. The first-order valence-corrected chi connectivity index (χ1v) is 6.15. The highest BCUT2D eigenvalue weighted by molar-refractivity contribution is 7.71. The lowest BCUT2D eigenvalue weighted by Gasteiger charge is -2.29. The normalized spacial score (nSPS) is 18.4. The standard InChI is InChI=1S/C11H17N3OS/c1-9(14-8-5-12-11(14)16)10(15)13-6-3-2-4-7-13/h5,8-9H,2-4,6-7H2,1H3,(H,12,16). The lowest BCUT2D eigenvalue weighted by atomic mass is 10.1. The summed E-state index contributed by atoms with van der Waals surface area (Å²) in [5.74, 6) is 0.176. The van der Waals surface area contributed by atoms with Gasteiger partial charge in [-0.15, -0.1) is 0 Å². The average molecular weight is 239 g/mol. The molecule has 0 bridgehead atoms. The van der Waals surface area contributed by atoms with Crippen LogP contribution < -0.4 is 0 Å². The number of hydrogen-bond acceptors (Lipinski definition) is 2. The van der Waals surface area contributed by atoms with Crippen molar-refractivity contribution in [3.05, 3.63) is 17.2 Å². The SMILES string of the molecule is CC(C(=O)N1CCCCC1)n1cc[nH]c1=S. The Balaban J connectivity index is 2.09. The number of aromatic amines is 1. The molecule has 0 radical (unpaired) electrons. The first-order valence-electron chi connectivity index (χ1n) is 5.74. The summed E-state index contributed by atoms with van der Waals surface area (Å²) in [5.41, 5.74) is 0. The quantitative estimate of drug-likeness (QED) is 0.803. The zero-order chi connectivity index (χ0) is 11.5. The van der Waals surface area contributed by atoms with Gasteiger partial charge in [0.2, 0.25) is 5.91 Å². The molecule has 1 atom stereocenters. The van der Waals surface area contributed by atoms with Gasteiger partial charge in [0.05, 0.1) is 0 Å². The van der Waals surface area contributed by atoms with Crippen LogP contribution in [0.4, 0.5) is 0 Å². The van der Waals surface area contributed by atoms with Crippen LogP contribution in [0.3, 0.4) is 0 Å². The summed E-state index contributed by atoms with van der Waals surface area (Å²) in [5, 5.41) is 0. The zero-order valence-electron chi connectivity index (χ0n) is 9.48. The van der Waals surface area contributed by atoms with Gasteiger partial charge in [0.1, 0.15) is 6.04 Å². The van der Waals surface area contributed by atoms with E-state index in [0.717, 1.165) is 25.9 Å². The Hall–Kier alpha value is -1.10. The largest absolute Gasteiger partial charge is 0.341 e. The lowest BCUT2D eigenvalue weighted by Crippen LogP contribution is -2.39. The van der Waals surface area contributed by atoms with Gasteiger partial charge in [-0.3, -0.25) is 4.79 Å². The smallest absolute Gasteiger partial charge is 0.245 e. The molecule has 0 saturated carbocycles. The zero-order valence-corrected chi connectivity index (χ0v) is 10.3. The number of aromatic nitrogens is 2. The second-order valence-electron chi connectivity index (χ2n) is 4.23. The van der Waals surface area contributed by atoms with Crippen LogP contribution in [-0.2, 0) is 4.79 Å². The molecule has 5 heteroatoms. The van der Waals surface area contributed by atoms with Gasteiger partial charge in [0.15, 0.2) is 4.77 Å². The van der Waals surface area contributed by atoms with Gasteiger partial charge in [-0.05, 0) is 38.4 Å². The second-order valence-corrected chi connectivity index (χ2v) is 4.62. The van der Waals surface area contributed by atoms with Crippen molar-refractivity contribution in [2.24, 2.45) is 0 Å². The topological polar surface area (TPSA) is 41.0 Å². The average Bonchev–Trinajstić information content (AvgIpc) is 2.75. The van der Waals surface area contributed by atoms with Crippen LogP contribution >= 0.6 is 12.2 Å². The molecule has 2 rings (SSSR count). The third-order valence-corrected chi connectivity index (χ3v) is 3.45. The molecule has 4 nitrogen and oxygen atoms in total. The molecule has 1 fully saturated rings. The number of carbonyl (C=O) groups excluding carboxylic acids is 1. The van der Waals surface area contributed by atoms with Gasteiger partial charge in [0, 0.05) is 25.5 Å². The lowest BCUT2D eigenvalue weighted by molar-refractivity contribution is -0.135. The predicted octanol–water partition coefficient (Wildman–Crippen LogP) is 2.12. The number of rotatable bonds is 2. The maximum atomic E-state index is 12.2. The van der Waals surface area contributed by atoms with E-state index in [1.807, 2.05) is 22.6 Å². The molecule has 1 amide bonds. The van der Waals surface area contributed by atoms with E-state index in [2.05, 4.69) is 4.98 Å². The molecule has 0 aliphatic carbocycles. The summed E-state index contributed by atoms with van der Waals surface area (Å²) in [6, 6.07) is -0.197. The predicted molar refractivity (Wildman–Crippen MR) is 64.8 cm³/mol. The molecule has 88 valence electrons. The molecule has 1 unspecified atom stereocenters. The van der Waals surface area contributed by atoms with Crippen molar-refractivity contribution >= 4 is 18.1 Å². The number of imidazole rings is 1. The molecule has 1 saturated heterocycles. The maximum Gasteiger partial charge on any atom is 0.245 e. The Kier molecular flexibility index (Phi) is 3.43. The first-order chi connectivity index (χ1) is 7.70. The van der Waals surface area contributed by atoms with Crippen molar-refractivity contribution in [2.45, 2.75) is 32.2 Å². The summed E-state index contributed by atoms with van der Waals surface area (Å²) >= 11 is 5.12. The Morgan fingerprint density at radius 2 is 2.12 bits per heavy atom. The van der Waals surface area contributed by atoms with E-state index in [1.165, 1.54) is 6.42 Å². The summed E-state index contributed by atoms with van der Waals surface area (Å²) in [6.45, 7) is 3.68. The van der Waals surface area contributed by atoms with Gasteiger partial charge in [-0.25, -0.2) is 0 Å². The fourth-order valence-corrected chi connectivity index (χ4v) is 2.42. The van der Waals surface area contributed by atoms with E-state index in [9.17, 15) is 4.79 Å². The van der Waals surface area contributed by atoms with E-state index in [-0.39, 0.29) is 11.9 Å². The van der Waals surface area contributed by atoms with E-state index in [1.54, 1.807) is 6.20 Å².